The van der Waals surface area contributed by atoms with Crippen molar-refractivity contribution in [3.63, 3.8) is 0 Å². The lowest BCUT2D eigenvalue weighted by atomic mass is 10.2. The number of aromatic nitrogens is 1. The zero-order valence-corrected chi connectivity index (χ0v) is 10.4. The Kier molecular flexibility index (Phi) is 5.38. The Morgan fingerprint density at radius 2 is 2.22 bits per heavy atom. The van der Waals surface area contributed by atoms with Crippen LogP contribution in [0.15, 0.2) is 12.3 Å². The van der Waals surface area contributed by atoms with Crippen molar-refractivity contribution in [3.05, 3.63) is 23.5 Å². The first-order valence-electron chi connectivity index (χ1n) is 5.71. The first kappa shape index (κ1) is 14.2. The molecule has 18 heavy (non-hydrogen) atoms. The molecule has 1 aromatic heterocycles. The molecule has 0 aliphatic heterocycles. The third kappa shape index (κ3) is 3.59. The SMILES string of the molecule is CCCCOC(=O)[C@H](O)c1c[nH]c(C(=O)OC)c1. The lowest BCUT2D eigenvalue weighted by Crippen LogP contribution is -2.15. The van der Waals surface area contributed by atoms with Crippen molar-refractivity contribution in [2.75, 3.05) is 13.7 Å². The van der Waals surface area contributed by atoms with Crippen LogP contribution in [-0.2, 0) is 14.3 Å². The van der Waals surface area contributed by atoms with Crippen molar-refractivity contribution in [2.45, 2.75) is 25.9 Å². The number of hydrogen-bond acceptors (Lipinski definition) is 5. The predicted molar refractivity (Wildman–Crippen MR) is 63.0 cm³/mol. The van der Waals surface area contributed by atoms with Crippen LogP contribution < -0.4 is 0 Å². The maximum atomic E-state index is 11.5. The van der Waals surface area contributed by atoms with E-state index in [2.05, 4.69) is 9.72 Å². The van der Waals surface area contributed by atoms with Gasteiger partial charge in [-0.25, -0.2) is 9.59 Å². The number of H-pyrrole nitrogens is 1. The summed E-state index contributed by atoms with van der Waals surface area (Å²) in [5, 5.41) is 9.71. The van der Waals surface area contributed by atoms with Gasteiger partial charge in [0.05, 0.1) is 13.7 Å². The van der Waals surface area contributed by atoms with Gasteiger partial charge in [-0.3, -0.25) is 0 Å². The van der Waals surface area contributed by atoms with Crippen LogP contribution in [-0.4, -0.2) is 35.7 Å². The fourth-order valence-corrected chi connectivity index (χ4v) is 1.33. The highest BCUT2D eigenvalue weighted by Gasteiger charge is 2.21. The minimum atomic E-state index is -1.39. The molecule has 100 valence electrons. The molecule has 0 saturated heterocycles. The molecule has 0 unspecified atom stereocenters. The van der Waals surface area contributed by atoms with E-state index in [1.165, 1.54) is 19.4 Å². The van der Waals surface area contributed by atoms with Crippen molar-refractivity contribution >= 4 is 11.9 Å². The monoisotopic (exact) mass is 255 g/mol. The summed E-state index contributed by atoms with van der Waals surface area (Å²) in [5.41, 5.74) is 0.449. The first-order chi connectivity index (χ1) is 8.60. The van der Waals surface area contributed by atoms with Gasteiger partial charge in [0.2, 0.25) is 0 Å². The van der Waals surface area contributed by atoms with Crippen LogP contribution in [0.25, 0.3) is 0 Å². The molecule has 0 aliphatic carbocycles. The molecule has 0 aromatic carbocycles. The number of aliphatic hydroxyl groups is 1. The van der Waals surface area contributed by atoms with Gasteiger partial charge in [-0.2, -0.15) is 0 Å². The molecule has 6 heteroatoms. The highest BCUT2D eigenvalue weighted by atomic mass is 16.5. The summed E-state index contributed by atoms with van der Waals surface area (Å²) in [6, 6.07) is 1.36. The van der Waals surface area contributed by atoms with Crippen LogP contribution in [0.3, 0.4) is 0 Å². The van der Waals surface area contributed by atoms with E-state index in [0.717, 1.165) is 12.8 Å². The average molecular weight is 255 g/mol. The van der Waals surface area contributed by atoms with Crippen molar-refractivity contribution in [3.8, 4) is 0 Å². The maximum absolute atomic E-state index is 11.5. The van der Waals surface area contributed by atoms with Gasteiger partial charge in [0.25, 0.3) is 0 Å². The summed E-state index contributed by atoms with van der Waals surface area (Å²) in [5.74, 6) is -1.29. The molecule has 2 N–H and O–H groups in total. The molecular weight excluding hydrogens is 238 g/mol. The summed E-state index contributed by atoms with van der Waals surface area (Å²) in [7, 11) is 1.25. The van der Waals surface area contributed by atoms with Gasteiger partial charge >= 0.3 is 11.9 Å². The highest BCUT2D eigenvalue weighted by Crippen LogP contribution is 2.16. The second kappa shape index (κ2) is 6.80. The van der Waals surface area contributed by atoms with E-state index >= 15 is 0 Å². The Labute approximate surface area is 105 Å². The predicted octanol–water partition coefficient (Wildman–Crippen LogP) is 1.18. The van der Waals surface area contributed by atoms with Gasteiger partial charge < -0.3 is 19.6 Å². The van der Waals surface area contributed by atoms with Gasteiger partial charge in [-0.05, 0) is 12.5 Å². The number of hydrogen-bond donors (Lipinski definition) is 2. The van der Waals surface area contributed by atoms with Gasteiger partial charge in [0.15, 0.2) is 6.10 Å². The second-order valence-corrected chi connectivity index (χ2v) is 3.76. The normalized spacial score (nSPS) is 11.9. The minimum absolute atomic E-state index is 0.174. The Morgan fingerprint density at radius 1 is 1.50 bits per heavy atom. The summed E-state index contributed by atoms with van der Waals surface area (Å²) in [6.45, 7) is 2.25. The molecule has 0 saturated carbocycles. The van der Waals surface area contributed by atoms with Crippen LogP contribution in [0.5, 0.6) is 0 Å². The zero-order valence-electron chi connectivity index (χ0n) is 10.4. The van der Waals surface area contributed by atoms with E-state index in [1.807, 2.05) is 6.92 Å². The fraction of sp³-hybridized carbons (Fsp3) is 0.500. The van der Waals surface area contributed by atoms with Crippen LogP contribution in [0, 0.1) is 0 Å². The number of aromatic amines is 1. The van der Waals surface area contributed by atoms with Crippen molar-refractivity contribution < 1.29 is 24.2 Å². The third-order valence-corrected chi connectivity index (χ3v) is 2.39. The van der Waals surface area contributed by atoms with Crippen LogP contribution in [0.2, 0.25) is 0 Å². The summed E-state index contributed by atoms with van der Waals surface area (Å²) in [4.78, 5) is 25.3. The number of nitrogens with one attached hydrogen (secondary N) is 1. The van der Waals surface area contributed by atoms with Gasteiger partial charge in [0.1, 0.15) is 5.69 Å². The molecule has 0 amide bonds. The molecule has 1 atom stereocenters. The second-order valence-electron chi connectivity index (χ2n) is 3.76. The topological polar surface area (TPSA) is 88.6 Å². The van der Waals surface area contributed by atoms with Crippen LogP contribution in [0.4, 0.5) is 0 Å². The van der Waals surface area contributed by atoms with Crippen LogP contribution >= 0.6 is 0 Å². The Balaban J connectivity index is 2.60. The summed E-state index contributed by atoms with van der Waals surface area (Å²) in [6.07, 6.45) is 1.63. The Bertz CT molecular complexity index is 412. The molecule has 1 rings (SSSR count). The Hall–Kier alpha value is -1.82. The largest absolute Gasteiger partial charge is 0.464 e. The molecule has 0 fully saturated rings. The van der Waals surface area contributed by atoms with Crippen LogP contribution in [0.1, 0.15) is 41.9 Å². The number of carbonyl (C=O) groups is 2. The maximum Gasteiger partial charge on any atom is 0.354 e. The first-order valence-corrected chi connectivity index (χ1v) is 5.71. The van der Waals surface area contributed by atoms with E-state index in [1.54, 1.807) is 0 Å². The Morgan fingerprint density at radius 3 is 2.83 bits per heavy atom. The van der Waals surface area contributed by atoms with E-state index in [-0.39, 0.29) is 17.9 Å². The van der Waals surface area contributed by atoms with Gasteiger partial charge in [-0.1, -0.05) is 13.3 Å². The molecule has 1 heterocycles. The van der Waals surface area contributed by atoms with Gasteiger partial charge in [-0.15, -0.1) is 0 Å². The van der Waals surface area contributed by atoms with E-state index in [4.69, 9.17) is 4.74 Å². The lowest BCUT2D eigenvalue weighted by molar-refractivity contribution is -0.154. The molecule has 0 aliphatic rings. The molecule has 0 radical (unpaired) electrons. The summed E-state index contributed by atoms with van der Waals surface area (Å²) < 4.78 is 9.38. The van der Waals surface area contributed by atoms with E-state index in [9.17, 15) is 14.7 Å². The number of esters is 2. The quantitative estimate of drug-likeness (QED) is 0.588. The number of ether oxygens (including phenoxy) is 2. The van der Waals surface area contributed by atoms with Crippen molar-refractivity contribution in [2.24, 2.45) is 0 Å². The number of rotatable bonds is 6. The highest BCUT2D eigenvalue weighted by molar-refractivity contribution is 5.88. The lowest BCUT2D eigenvalue weighted by Gasteiger charge is -2.08. The van der Waals surface area contributed by atoms with Gasteiger partial charge in [0, 0.05) is 11.8 Å². The third-order valence-electron chi connectivity index (χ3n) is 2.39. The van der Waals surface area contributed by atoms with Crippen molar-refractivity contribution in [1.82, 2.24) is 4.98 Å². The number of unbranched alkanes of at least 4 members (excludes halogenated alkanes) is 1. The minimum Gasteiger partial charge on any atom is -0.464 e. The molecular formula is C12H17NO5. The number of aliphatic hydroxyl groups excluding tert-OH is 1. The number of methoxy groups -OCH3 is 1. The summed E-state index contributed by atoms with van der Waals surface area (Å²) >= 11 is 0. The molecule has 0 spiro atoms. The molecule has 0 bridgehead atoms. The standard InChI is InChI=1S/C12H17NO5/c1-3-4-5-18-12(16)10(14)8-6-9(13-7-8)11(15)17-2/h6-7,10,13-14H,3-5H2,1-2H3/t10-/m1/s1. The van der Waals surface area contributed by atoms with Crippen molar-refractivity contribution in [1.29, 1.82) is 0 Å². The zero-order chi connectivity index (χ0) is 13.5. The van der Waals surface area contributed by atoms with E-state index < -0.39 is 18.0 Å². The smallest absolute Gasteiger partial charge is 0.354 e. The van der Waals surface area contributed by atoms with E-state index in [0.29, 0.717) is 0 Å². The fourth-order valence-electron chi connectivity index (χ4n) is 1.33. The average Bonchev–Trinajstić information content (AvgIpc) is 2.86. The molecule has 6 nitrogen and oxygen atoms in total. The molecule has 1 aromatic rings. The number of carbonyl (C=O) groups excluding carboxylic acids is 2.